The normalized spacial score (nSPS) is 10.6. The second-order valence-corrected chi connectivity index (χ2v) is 6.42. The van der Waals surface area contributed by atoms with Gasteiger partial charge in [0.15, 0.2) is 18.2 Å². The van der Waals surface area contributed by atoms with Crippen LogP contribution in [0.2, 0.25) is 0 Å². The number of hydrogen-bond donors (Lipinski definition) is 2. The summed E-state index contributed by atoms with van der Waals surface area (Å²) < 4.78 is 8.58. The van der Waals surface area contributed by atoms with Gasteiger partial charge in [0, 0.05) is 37.7 Å². The van der Waals surface area contributed by atoms with Crippen molar-refractivity contribution in [1.82, 2.24) is 45.3 Å². The number of carbonyl (C=O) groups excluding carboxylic acids is 1. The molecule has 0 unspecified atom stereocenters. The van der Waals surface area contributed by atoms with Crippen molar-refractivity contribution in [2.45, 2.75) is 6.92 Å². The highest BCUT2D eigenvalue weighted by Crippen LogP contribution is 2.08. The van der Waals surface area contributed by atoms with Gasteiger partial charge in [-0.15, -0.1) is 20.4 Å². The Hall–Kier alpha value is -4.35. The van der Waals surface area contributed by atoms with Crippen LogP contribution in [0.3, 0.4) is 0 Å². The molecule has 4 aromatic heterocycles. The highest BCUT2D eigenvalue weighted by atomic mass is 16.5. The molecular formula is C19H20N10O2. The molecule has 2 N–H and O–H groups in total. The van der Waals surface area contributed by atoms with Gasteiger partial charge < -0.3 is 15.4 Å². The van der Waals surface area contributed by atoms with Crippen LogP contribution in [-0.4, -0.2) is 65.6 Å². The van der Waals surface area contributed by atoms with Gasteiger partial charge in [0.1, 0.15) is 5.82 Å². The summed E-state index contributed by atoms with van der Waals surface area (Å²) >= 11 is 0. The minimum atomic E-state index is -0.268. The molecule has 12 nitrogen and oxygen atoms in total. The van der Waals surface area contributed by atoms with E-state index in [0.717, 1.165) is 5.69 Å². The number of hydrogen-bond acceptors (Lipinski definition) is 9. The molecule has 0 saturated carbocycles. The van der Waals surface area contributed by atoms with Crippen molar-refractivity contribution >= 4 is 11.7 Å². The number of aromatic nitrogens is 8. The van der Waals surface area contributed by atoms with E-state index in [2.05, 4.69) is 41.2 Å². The third kappa shape index (κ3) is 5.38. The van der Waals surface area contributed by atoms with Crippen molar-refractivity contribution in [3.05, 3.63) is 60.7 Å². The number of carbonyl (C=O) groups is 1. The van der Waals surface area contributed by atoms with E-state index in [4.69, 9.17) is 4.74 Å². The Morgan fingerprint density at radius 2 is 1.81 bits per heavy atom. The number of rotatable bonds is 9. The Morgan fingerprint density at radius 1 is 0.968 bits per heavy atom. The lowest BCUT2D eigenvalue weighted by molar-refractivity contribution is -0.123. The first-order valence-corrected chi connectivity index (χ1v) is 9.51. The molecular weight excluding hydrogens is 400 g/mol. The summed E-state index contributed by atoms with van der Waals surface area (Å²) in [4.78, 5) is 11.9. The standard InChI is InChI=1S/C19H20N10O2/c1-14-7-12-29(27-14)17-4-3-15(23-24-17)20-9-10-21-18(30)13-31-19-6-5-16(25-26-19)28-11-2-8-22-28/h2-8,11-12H,9-10,13H2,1H3,(H,20,23)(H,21,30). The fourth-order valence-corrected chi connectivity index (χ4v) is 2.58. The average molecular weight is 420 g/mol. The second-order valence-electron chi connectivity index (χ2n) is 6.42. The van der Waals surface area contributed by atoms with E-state index in [-0.39, 0.29) is 18.4 Å². The van der Waals surface area contributed by atoms with E-state index in [9.17, 15) is 4.79 Å². The number of amides is 1. The highest BCUT2D eigenvalue weighted by Gasteiger charge is 2.06. The molecule has 0 radical (unpaired) electrons. The molecule has 0 aliphatic carbocycles. The van der Waals surface area contributed by atoms with Crippen LogP contribution in [-0.2, 0) is 4.79 Å². The molecule has 0 aliphatic rings. The van der Waals surface area contributed by atoms with Crippen LogP contribution in [0, 0.1) is 6.92 Å². The van der Waals surface area contributed by atoms with Gasteiger partial charge in [-0.05, 0) is 37.3 Å². The van der Waals surface area contributed by atoms with Crippen molar-refractivity contribution in [2.75, 3.05) is 25.0 Å². The number of nitrogens with one attached hydrogen (secondary N) is 2. The van der Waals surface area contributed by atoms with Crippen LogP contribution < -0.4 is 15.4 Å². The minimum absolute atomic E-state index is 0.159. The zero-order valence-corrected chi connectivity index (χ0v) is 16.7. The smallest absolute Gasteiger partial charge is 0.258 e. The first-order valence-electron chi connectivity index (χ1n) is 9.51. The molecule has 0 spiro atoms. The first kappa shape index (κ1) is 19.9. The zero-order valence-electron chi connectivity index (χ0n) is 16.7. The molecule has 31 heavy (non-hydrogen) atoms. The Balaban J connectivity index is 1.15. The van der Waals surface area contributed by atoms with Gasteiger partial charge in [0.2, 0.25) is 5.88 Å². The molecule has 0 atom stereocenters. The summed E-state index contributed by atoms with van der Waals surface area (Å²) in [5.74, 6) is 1.78. The molecule has 4 aromatic rings. The Labute approximate surface area is 177 Å². The maximum absolute atomic E-state index is 11.9. The van der Waals surface area contributed by atoms with Crippen LogP contribution in [0.4, 0.5) is 5.82 Å². The summed E-state index contributed by atoms with van der Waals surface area (Å²) in [7, 11) is 0. The molecule has 4 heterocycles. The molecule has 1 amide bonds. The van der Waals surface area contributed by atoms with Gasteiger partial charge in [0.25, 0.3) is 5.91 Å². The van der Waals surface area contributed by atoms with Crippen LogP contribution in [0.25, 0.3) is 11.6 Å². The first-order chi connectivity index (χ1) is 15.2. The lowest BCUT2D eigenvalue weighted by Crippen LogP contribution is -2.33. The fourth-order valence-electron chi connectivity index (χ4n) is 2.58. The van der Waals surface area contributed by atoms with E-state index in [1.165, 1.54) is 0 Å². The molecule has 0 aromatic carbocycles. The third-order valence-corrected chi connectivity index (χ3v) is 4.08. The molecule has 0 saturated heterocycles. The summed E-state index contributed by atoms with van der Waals surface area (Å²) in [6, 6.07) is 10.6. The van der Waals surface area contributed by atoms with Crippen molar-refractivity contribution in [2.24, 2.45) is 0 Å². The minimum Gasteiger partial charge on any atom is -0.466 e. The van der Waals surface area contributed by atoms with Gasteiger partial charge in [0.05, 0.1) is 5.69 Å². The Bertz CT molecular complexity index is 1110. The largest absolute Gasteiger partial charge is 0.466 e. The fraction of sp³-hybridized carbons (Fsp3) is 0.211. The summed E-state index contributed by atoms with van der Waals surface area (Å²) in [6.45, 7) is 2.63. The SMILES string of the molecule is Cc1ccn(-c2ccc(NCCNC(=O)COc3ccc(-n4cccn4)nn3)nn2)n1. The molecule has 12 heteroatoms. The molecule has 4 rings (SSSR count). The molecule has 0 aliphatic heterocycles. The summed E-state index contributed by atoms with van der Waals surface area (Å²) in [5, 5.41) is 30.3. The van der Waals surface area contributed by atoms with Crippen molar-refractivity contribution in [3.63, 3.8) is 0 Å². The van der Waals surface area contributed by atoms with E-state index in [1.54, 1.807) is 46.0 Å². The summed E-state index contributed by atoms with van der Waals surface area (Å²) in [5.41, 5.74) is 0.905. The van der Waals surface area contributed by atoms with Crippen molar-refractivity contribution < 1.29 is 9.53 Å². The molecule has 0 bridgehead atoms. The number of ether oxygens (including phenoxy) is 1. The molecule has 0 fully saturated rings. The number of aryl methyl sites for hydroxylation is 1. The predicted molar refractivity (Wildman–Crippen MR) is 110 cm³/mol. The van der Waals surface area contributed by atoms with Gasteiger partial charge in [-0.3, -0.25) is 4.79 Å². The number of anilines is 1. The van der Waals surface area contributed by atoms with Crippen molar-refractivity contribution in [1.29, 1.82) is 0 Å². The summed E-state index contributed by atoms with van der Waals surface area (Å²) in [6.07, 6.45) is 5.23. The van der Waals surface area contributed by atoms with E-state index in [1.807, 2.05) is 25.3 Å². The lowest BCUT2D eigenvalue weighted by atomic mass is 10.4. The number of nitrogens with zero attached hydrogens (tertiary/aromatic N) is 8. The van der Waals surface area contributed by atoms with Crippen LogP contribution >= 0.6 is 0 Å². The molecule has 158 valence electrons. The Morgan fingerprint density at radius 3 is 2.48 bits per heavy atom. The highest BCUT2D eigenvalue weighted by molar-refractivity contribution is 5.77. The van der Waals surface area contributed by atoms with Gasteiger partial charge in [-0.1, -0.05) is 0 Å². The van der Waals surface area contributed by atoms with E-state index >= 15 is 0 Å². The van der Waals surface area contributed by atoms with E-state index in [0.29, 0.717) is 30.5 Å². The van der Waals surface area contributed by atoms with Gasteiger partial charge in [-0.25, -0.2) is 9.36 Å². The Kier molecular flexibility index (Phi) is 6.07. The average Bonchev–Trinajstić information content (AvgIpc) is 3.48. The van der Waals surface area contributed by atoms with Crippen molar-refractivity contribution in [3.8, 4) is 17.5 Å². The quantitative estimate of drug-likeness (QED) is 0.372. The maximum Gasteiger partial charge on any atom is 0.258 e. The second kappa shape index (κ2) is 9.43. The monoisotopic (exact) mass is 420 g/mol. The lowest BCUT2D eigenvalue weighted by Gasteiger charge is -2.08. The van der Waals surface area contributed by atoms with E-state index < -0.39 is 0 Å². The predicted octanol–water partition coefficient (Wildman–Crippen LogP) is 0.554. The zero-order chi connectivity index (χ0) is 21.5. The van der Waals surface area contributed by atoms with Gasteiger partial charge >= 0.3 is 0 Å². The van der Waals surface area contributed by atoms with Crippen LogP contribution in [0.15, 0.2) is 55.0 Å². The van der Waals surface area contributed by atoms with Crippen LogP contribution in [0.1, 0.15) is 5.69 Å². The maximum atomic E-state index is 11.9. The third-order valence-electron chi connectivity index (χ3n) is 4.08. The van der Waals surface area contributed by atoms with Gasteiger partial charge in [-0.2, -0.15) is 10.2 Å². The topological polar surface area (TPSA) is 138 Å². The van der Waals surface area contributed by atoms with Crippen LogP contribution in [0.5, 0.6) is 5.88 Å².